The highest BCUT2D eigenvalue weighted by atomic mass is 16.5. The van der Waals surface area contributed by atoms with Crippen molar-refractivity contribution < 1.29 is 19.4 Å². The van der Waals surface area contributed by atoms with Crippen LogP contribution in [0.5, 0.6) is 0 Å². The molecule has 6 nitrogen and oxygen atoms in total. The molecule has 1 unspecified atom stereocenters. The van der Waals surface area contributed by atoms with Gasteiger partial charge >= 0.3 is 12.0 Å². The van der Waals surface area contributed by atoms with Gasteiger partial charge in [0.25, 0.3) is 0 Å². The van der Waals surface area contributed by atoms with Crippen LogP contribution >= 0.6 is 0 Å². The Hall–Kier alpha value is -2.08. The van der Waals surface area contributed by atoms with E-state index in [2.05, 4.69) is 10.1 Å². The molecule has 0 bridgehead atoms. The standard InChI is InChI=1S/C15H22N2O4/c1-11(18)12-6-4-7-13(10-12)16-15(20)17(2)9-5-8-14(19)21-3/h4,6-7,10-11,18H,5,8-9H2,1-3H3,(H,16,20). The Kier molecular flexibility index (Phi) is 6.68. The molecule has 116 valence electrons. The summed E-state index contributed by atoms with van der Waals surface area (Å²) in [6, 6.07) is 6.79. The molecule has 0 fully saturated rings. The number of nitrogens with zero attached hydrogens (tertiary/aromatic N) is 1. The molecule has 0 aliphatic heterocycles. The van der Waals surface area contributed by atoms with Gasteiger partial charge in [-0.15, -0.1) is 0 Å². The molecule has 1 rings (SSSR count). The molecule has 1 atom stereocenters. The molecular formula is C15H22N2O4. The maximum Gasteiger partial charge on any atom is 0.321 e. The summed E-state index contributed by atoms with van der Waals surface area (Å²) in [6.07, 6.45) is 0.246. The van der Waals surface area contributed by atoms with E-state index in [1.807, 2.05) is 0 Å². The number of amides is 2. The van der Waals surface area contributed by atoms with Crippen LogP contribution in [0.15, 0.2) is 24.3 Å². The van der Waals surface area contributed by atoms with Gasteiger partial charge in [0, 0.05) is 25.7 Å². The van der Waals surface area contributed by atoms with Crippen LogP contribution in [-0.4, -0.2) is 42.7 Å². The van der Waals surface area contributed by atoms with Crippen molar-refractivity contribution in [2.45, 2.75) is 25.9 Å². The van der Waals surface area contributed by atoms with Gasteiger partial charge in [0.1, 0.15) is 0 Å². The first-order chi connectivity index (χ1) is 9.93. The van der Waals surface area contributed by atoms with E-state index in [-0.39, 0.29) is 18.4 Å². The molecule has 1 aromatic rings. The van der Waals surface area contributed by atoms with Gasteiger partial charge in [-0.2, -0.15) is 0 Å². The maximum absolute atomic E-state index is 12.0. The van der Waals surface area contributed by atoms with E-state index >= 15 is 0 Å². The van der Waals surface area contributed by atoms with Gasteiger partial charge < -0.3 is 20.1 Å². The van der Waals surface area contributed by atoms with E-state index in [0.717, 1.165) is 5.56 Å². The minimum absolute atomic E-state index is 0.261. The van der Waals surface area contributed by atoms with Crippen LogP contribution in [0, 0.1) is 0 Å². The number of ether oxygens (including phenoxy) is 1. The Bertz CT molecular complexity index is 488. The highest BCUT2D eigenvalue weighted by Gasteiger charge is 2.10. The zero-order valence-electron chi connectivity index (χ0n) is 12.6. The van der Waals surface area contributed by atoms with Gasteiger partial charge in [0.2, 0.25) is 0 Å². The molecule has 1 aromatic carbocycles. The van der Waals surface area contributed by atoms with Crippen LogP contribution in [0.4, 0.5) is 10.5 Å². The number of urea groups is 1. The molecule has 0 aliphatic carbocycles. The molecule has 0 saturated carbocycles. The summed E-state index contributed by atoms with van der Waals surface area (Å²) in [4.78, 5) is 24.5. The van der Waals surface area contributed by atoms with Crippen LogP contribution in [0.2, 0.25) is 0 Å². The Morgan fingerprint density at radius 1 is 1.43 bits per heavy atom. The van der Waals surface area contributed by atoms with E-state index in [9.17, 15) is 14.7 Å². The maximum atomic E-state index is 12.0. The minimum atomic E-state index is -0.584. The number of carbonyl (C=O) groups is 2. The second kappa shape index (κ2) is 8.26. The second-order valence-corrected chi connectivity index (χ2v) is 4.83. The SMILES string of the molecule is COC(=O)CCCN(C)C(=O)Nc1cccc(C(C)O)c1. The van der Waals surface area contributed by atoms with Crippen molar-refractivity contribution >= 4 is 17.7 Å². The van der Waals surface area contributed by atoms with Gasteiger partial charge in [-0.1, -0.05) is 12.1 Å². The van der Waals surface area contributed by atoms with E-state index < -0.39 is 6.10 Å². The quantitative estimate of drug-likeness (QED) is 0.788. The first-order valence-corrected chi connectivity index (χ1v) is 6.81. The third-order valence-corrected chi connectivity index (χ3v) is 3.07. The average Bonchev–Trinajstić information content (AvgIpc) is 2.47. The number of hydrogen-bond donors (Lipinski definition) is 2. The predicted molar refractivity (Wildman–Crippen MR) is 80.0 cm³/mol. The van der Waals surface area contributed by atoms with Crippen LogP contribution in [0.3, 0.4) is 0 Å². The second-order valence-electron chi connectivity index (χ2n) is 4.83. The number of anilines is 1. The first-order valence-electron chi connectivity index (χ1n) is 6.81. The molecule has 0 spiro atoms. The number of aliphatic hydroxyl groups is 1. The highest BCUT2D eigenvalue weighted by Crippen LogP contribution is 2.17. The summed E-state index contributed by atoms with van der Waals surface area (Å²) >= 11 is 0. The molecule has 0 aliphatic rings. The number of aliphatic hydroxyl groups excluding tert-OH is 1. The smallest absolute Gasteiger partial charge is 0.321 e. The third kappa shape index (κ3) is 5.83. The van der Waals surface area contributed by atoms with Crippen molar-refractivity contribution in [3.63, 3.8) is 0 Å². The van der Waals surface area contributed by atoms with Gasteiger partial charge in [-0.3, -0.25) is 4.79 Å². The Labute approximate surface area is 124 Å². The van der Waals surface area contributed by atoms with Crippen LogP contribution in [-0.2, 0) is 9.53 Å². The van der Waals surface area contributed by atoms with Gasteiger partial charge in [-0.05, 0) is 31.0 Å². The molecule has 0 saturated heterocycles. The average molecular weight is 294 g/mol. The molecule has 21 heavy (non-hydrogen) atoms. The summed E-state index contributed by atoms with van der Waals surface area (Å²) in [5, 5.41) is 12.3. The molecule has 0 aromatic heterocycles. The zero-order chi connectivity index (χ0) is 15.8. The Morgan fingerprint density at radius 2 is 2.14 bits per heavy atom. The minimum Gasteiger partial charge on any atom is -0.469 e. The normalized spacial score (nSPS) is 11.6. The number of methoxy groups -OCH3 is 1. The summed E-state index contributed by atoms with van der Waals surface area (Å²) in [6.45, 7) is 2.12. The van der Waals surface area contributed by atoms with E-state index in [1.165, 1.54) is 12.0 Å². The molecule has 2 amide bonds. The Balaban J connectivity index is 2.48. The lowest BCUT2D eigenvalue weighted by Crippen LogP contribution is -2.32. The Morgan fingerprint density at radius 3 is 2.76 bits per heavy atom. The molecule has 2 N–H and O–H groups in total. The third-order valence-electron chi connectivity index (χ3n) is 3.07. The number of nitrogens with one attached hydrogen (secondary N) is 1. The summed E-state index contributed by atoms with van der Waals surface area (Å²) in [5.74, 6) is -0.284. The van der Waals surface area contributed by atoms with Crippen molar-refractivity contribution in [2.75, 3.05) is 26.0 Å². The topological polar surface area (TPSA) is 78.9 Å². The fourth-order valence-electron chi connectivity index (χ4n) is 1.76. The number of benzene rings is 1. The van der Waals surface area contributed by atoms with Crippen molar-refractivity contribution in [3.8, 4) is 0 Å². The molecule has 0 heterocycles. The van der Waals surface area contributed by atoms with Gasteiger partial charge in [-0.25, -0.2) is 4.79 Å². The molecule has 6 heteroatoms. The lowest BCUT2D eigenvalue weighted by Gasteiger charge is -2.18. The van der Waals surface area contributed by atoms with Crippen molar-refractivity contribution in [1.82, 2.24) is 4.90 Å². The lowest BCUT2D eigenvalue weighted by atomic mass is 10.1. The van der Waals surface area contributed by atoms with Crippen molar-refractivity contribution in [2.24, 2.45) is 0 Å². The zero-order valence-corrected chi connectivity index (χ0v) is 12.6. The van der Waals surface area contributed by atoms with E-state index in [4.69, 9.17) is 0 Å². The predicted octanol–water partition coefficient (Wildman–Crippen LogP) is 2.16. The van der Waals surface area contributed by atoms with Gasteiger partial charge in [0.05, 0.1) is 13.2 Å². The van der Waals surface area contributed by atoms with E-state index in [1.54, 1.807) is 38.2 Å². The fourth-order valence-corrected chi connectivity index (χ4v) is 1.76. The number of hydrogen-bond acceptors (Lipinski definition) is 4. The van der Waals surface area contributed by atoms with Crippen LogP contribution < -0.4 is 5.32 Å². The van der Waals surface area contributed by atoms with E-state index in [0.29, 0.717) is 18.7 Å². The number of esters is 1. The summed E-state index contributed by atoms with van der Waals surface area (Å²) < 4.78 is 4.54. The number of carbonyl (C=O) groups excluding carboxylic acids is 2. The highest BCUT2D eigenvalue weighted by molar-refractivity contribution is 5.89. The lowest BCUT2D eigenvalue weighted by molar-refractivity contribution is -0.140. The largest absolute Gasteiger partial charge is 0.469 e. The van der Waals surface area contributed by atoms with Gasteiger partial charge in [0.15, 0.2) is 0 Å². The molecular weight excluding hydrogens is 272 g/mol. The molecule has 0 radical (unpaired) electrons. The van der Waals surface area contributed by atoms with Crippen LogP contribution in [0.25, 0.3) is 0 Å². The van der Waals surface area contributed by atoms with Crippen LogP contribution in [0.1, 0.15) is 31.4 Å². The van der Waals surface area contributed by atoms with Crippen molar-refractivity contribution in [3.05, 3.63) is 29.8 Å². The van der Waals surface area contributed by atoms with Crippen molar-refractivity contribution in [1.29, 1.82) is 0 Å². The number of rotatable bonds is 6. The first kappa shape index (κ1) is 17.0. The summed E-state index contributed by atoms with van der Waals surface area (Å²) in [5.41, 5.74) is 1.36. The fraction of sp³-hybridized carbons (Fsp3) is 0.467. The summed E-state index contributed by atoms with van der Waals surface area (Å²) in [7, 11) is 3.00. The monoisotopic (exact) mass is 294 g/mol.